The zero-order valence-corrected chi connectivity index (χ0v) is 22.0. The van der Waals surface area contributed by atoms with E-state index in [0.29, 0.717) is 5.56 Å². The Morgan fingerprint density at radius 3 is 1.80 bits per heavy atom. The Labute approximate surface area is 233 Å². The first-order valence-corrected chi connectivity index (χ1v) is 12.7. The molecule has 0 unspecified atom stereocenters. The van der Waals surface area contributed by atoms with Gasteiger partial charge < -0.3 is 14.4 Å². The standard InChI is InChI=1S/C35H27NO4/c1-4-34(37)39-30-21-27(22-31(23-30)40-35(38)5-2)25-15-19-29(20-16-25)36(28-17-13-24(3)14-18-28)33-12-8-10-26-9-6-7-11-32(26)33/h4-23H,1-2H2,3H3. The van der Waals surface area contributed by atoms with Crippen LogP contribution in [0.1, 0.15) is 5.56 Å². The molecule has 196 valence electrons. The number of esters is 2. The van der Waals surface area contributed by atoms with E-state index < -0.39 is 11.9 Å². The molecule has 0 N–H and O–H groups in total. The summed E-state index contributed by atoms with van der Waals surface area (Å²) in [6, 6.07) is 36.0. The molecule has 0 fully saturated rings. The van der Waals surface area contributed by atoms with Gasteiger partial charge in [0, 0.05) is 35.0 Å². The zero-order chi connectivity index (χ0) is 28.1. The van der Waals surface area contributed by atoms with Crippen molar-refractivity contribution in [1.29, 1.82) is 0 Å². The van der Waals surface area contributed by atoms with Crippen LogP contribution in [0.5, 0.6) is 11.5 Å². The van der Waals surface area contributed by atoms with Gasteiger partial charge >= 0.3 is 11.9 Å². The van der Waals surface area contributed by atoms with Crippen molar-refractivity contribution in [1.82, 2.24) is 0 Å². The summed E-state index contributed by atoms with van der Waals surface area (Å²) in [5.41, 5.74) is 5.80. The molecule has 5 aromatic carbocycles. The molecule has 0 aromatic heterocycles. The molecule has 0 aliphatic rings. The minimum absolute atomic E-state index is 0.232. The van der Waals surface area contributed by atoms with Crippen LogP contribution >= 0.6 is 0 Å². The number of carbonyl (C=O) groups excluding carboxylic acids is 2. The number of rotatable bonds is 8. The maximum atomic E-state index is 11.9. The smallest absolute Gasteiger partial charge is 0.335 e. The van der Waals surface area contributed by atoms with Crippen LogP contribution in [0.2, 0.25) is 0 Å². The Balaban J connectivity index is 1.58. The Morgan fingerprint density at radius 2 is 1.20 bits per heavy atom. The van der Waals surface area contributed by atoms with Gasteiger partial charge in [0.2, 0.25) is 0 Å². The average Bonchev–Trinajstić information content (AvgIpc) is 2.98. The molecule has 5 heteroatoms. The lowest BCUT2D eigenvalue weighted by molar-refractivity contribution is -0.129. The first-order chi connectivity index (χ1) is 19.4. The summed E-state index contributed by atoms with van der Waals surface area (Å²) in [6.07, 6.45) is 2.15. The second-order valence-electron chi connectivity index (χ2n) is 9.16. The Morgan fingerprint density at radius 1 is 0.650 bits per heavy atom. The van der Waals surface area contributed by atoms with Crippen molar-refractivity contribution >= 4 is 39.8 Å². The highest BCUT2D eigenvalue weighted by molar-refractivity contribution is 5.99. The van der Waals surface area contributed by atoms with Crippen LogP contribution in [0.4, 0.5) is 17.1 Å². The normalized spacial score (nSPS) is 10.5. The number of hydrogen-bond acceptors (Lipinski definition) is 5. The highest BCUT2D eigenvalue weighted by atomic mass is 16.5. The van der Waals surface area contributed by atoms with Gasteiger partial charge in [-0.15, -0.1) is 0 Å². The molecule has 0 bridgehead atoms. The van der Waals surface area contributed by atoms with E-state index in [0.717, 1.165) is 45.6 Å². The van der Waals surface area contributed by atoms with Crippen LogP contribution in [0.15, 0.2) is 135 Å². The molecule has 0 saturated heterocycles. The van der Waals surface area contributed by atoms with E-state index in [-0.39, 0.29) is 11.5 Å². The minimum atomic E-state index is -0.614. The van der Waals surface area contributed by atoms with Crippen LogP contribution in [0, 0.1) is 6.92 Å². The summed E-state index contributed by atoms with van der Waals surface area (Å²) in [5.74, 6) is -0.764. The molecular weight excluding hydrogens is 498 g/mol. The fourth-order valence-corrected chi connectivity index (χ4v) is 4.50. The number of ether oxygens (including phenoxy) is 2. The third kappa shape index (κ3) is 5.69. The van der Waals surface area contributed by atoms with E-state index >= 15 is 0 Å². The van der Waals surface area contributed by atoms with Gasteiger partial charge in [-0.2, -0.15) is 0 Å². The Kier molecular flexibility index (Phi) is 7.56. The van der Waals surface area contributed by atoms with Crippen molar-refractivity contribution in [2.24, 2.45) is 0 Å². The van der Waals surface area contributed by atoms with Crippen LogP contribution in [0.25, 0.3) is 21.9 Å². The first kappa shape index (κ1) is 26.2. The topological polar surface area (TPSA) is 55.8 Å². The van der Waals surface area contributed by atoms with Gasteiger partial charge in [0.1, 0.15) is 11.5 Å². The molecule has 0 spiro atoms. The number of carbonyl (C=O) groups is 2. The van der Waals surface area contributed by atoms with Crippen molar-refractivity contribution in [2.75, 3.05) is 4.90 Å². The van der Waals surface area contributed by atoms with E-state index in [9.17, 15) is 9.59 Å². The highest BCUT2D eigenvalue weighted by Gasteiger charge is 2.16. The number of fused-ring (bicyclic) bond motifs is 1. The van der Waals surface area contributed by atoms with Crippen molar-refractivity contribution in [3.8, 4) is 22.6 Å². The Bertz CT molecular complexity index is 1670. The number of hydrogen-bond donors (Lipinski definition) is 0. The summed E-state index contributed by atoms with van der Waals surface area (Å²) in [7, 11) is 0. The predicted octanol–water partition coefficient (Wildman–Crippen LogP) is 8.47. The molecule has 0 saturated carbocycles. The molecule has 0 radical (unpaired) electrons. The van der Waals surface area contributed by atoms with Gasteiger partial charge in [-0.3, -0.25) is 0 Å². The van der Waals surface area contributed by atoms with Crippen molar-refractivity contribution < 1.29 is 19.1 Å². The van der Waals surface area contributed by atoms with Gasteiger partial charge in [-0.1, -0.05) is 79.4 Å². The molecule has 0 amide bonds. The lowest BCUT2D eigenvalue weighted by Crippen LogP contribution is -2.10. The quantitative estimate of drug-likeness (QED) is 0.116. The fraction of sp³-hybridized carbons (Fsp3) is 0.0286. The molecule has 0 aliphatic carbocycles. The molecule has 0 atom stereocenters. The SMILES string of the molecule is C=CC(=O)Oc1cc(OC(=O)C=C)cc(-c2ccc(N(c3ccc(C)cc3)c3cccc4ccccc34)cc2)c1. The van der Waals surface area contributed by atoms with Crippen molar-refractivity contribution in [3.63, 3.8) is 0 Å². The van der Waals surface area contributed by atoms with Gasteiger partial charge in [0.25, 0.3) is 0 Å². The van der Waals surface area contributed by atoms with Gasteiger partial charge in [0.05, 0.1) is 5.69 Å². The van der Waals surface area contributed by atoms with E-state index in [4.69, 9.17) is 9.47 Å². The third-order valence-corrected chi connectivity index (χ3v) is 6.41. The molecule has 5 aromatic rings. The second kappa shape index (κ2) is 11.5. The van der Waals surface area contributed by atoms with E-state index in [1.165, 1.54) is 11.6 Å². The maximum Gasteiger partial charge on any atom is 0.335 e. The van der Waals surface area contributed by atoms with Crippen LogP contribution in [-0.4, -0.2) is 11.9 Å². The summed E-state index contributed by atoms with van der Waals surface area (Å²) in [6.45, 7) is 8.96. The summed E-state index contributed by atoms with van der Waals surface area (Å²) in [4.78, 5) is 25.9. The van der Waals surface area contributed by atoms with E-state index in [1.807, 2.05) is 36.4 Å². The van der Waals surface area contributed by atoms with Crippen LogP contribution < -0.4 is 14.4 Å². The number of aryl methyl sites for hydroxylation is 1. The molecule has 5 nitrogen and oxygen atoms in total. The zero-order valence-electron chi connectivity index (χ0n) is 22.0. The van der Waals surface area contributed by atoms with Crippen molar-refractivity contribution in [2.45, 2.75) is 6.92 Å². The van der Waals surface area contributed by atoms with Crippen LogP contribution in [0.3, 0.4) is 0 Å². The molecular formula is C35H27NO4. The predicted molar refractivity (Wildman–Crippen MR) is 160 cm³/mol. The molecule has 0 aliphatic heterocycles. The fourth-order valence-electron chi connectivity index (χ4n) is 4.50. The molecule has 0 heterocycles. The number of nitrogens with zero attached hydrogens (tertiary/aromatic N) is 1. The highest BCUT2D eigenvalue weighted by Crippen LogP contribution is 2.40. The monoisotopic (exact) mass is 525 g/mol. The maximum absolute atomic E-state index is 11.9. The lowest BCUT2D eigenvalue weighted by Gasteiger charge is -2.27. The minimum Gasteiger partial charge on any atom is -0.423 e. The van der Waals surface area contributed by atoms with Crippen LogP contribution in [-0.2, 0) is 9.59 Å². The van der Waals surface area contributed by atoms with Gasteiger partial charge in [-0.25, -0.2) is 9.59 Å². The number of benzene rings is 5. The second-order valence-corrected chi connectivity index (χ2v) is 9.16. The molecule has 40 heavy (non-hydrogen) atoms. The Hall–Kier alpha value is -5.42. The van der Waals surface area contributed by atoms with Gasteiger partial charge in [-0.05, 0) is 65.9 Å². The average molecular weight is 526 g/mol. The molecule has 5 rings (SSSR count). The largest absolute Gasteiger partial charge is 0.423 e. The van der Waals surface area contributed by atoms with Gasteiger partial charge in [0.15, 0.2) is 0 Å². The number of anilines is 3. The lowest BCUT2D eigenvalue weighted by atomic mass is 10.0. The van der Waals surface area contributed by atoms with E-state index in [1.54, 1.807) is 12.1 Å². The summed E-state index contributed by atoms with van der Waals surface area (Å²) < 4.78 is 10.7. The van der Waals surface area contributed by atoms with Crippen molar-refractivity contribution in [3.05, 3.63) is 140 Å². The third-order valence-electron chi connectivity index (χ3n) is 6.41. The van der Waals surface area contributed by atoms with E-state index in [2.05, 4.69) is 79.6 Å². The first-order valence-electron chi connectivity index (χ1n) is 12.7. The summed E-state index contributed by atoms with van der Waals surface area (Å²) >= 11 is 0. The summed E-state index contributed by atoms with van der Waals surface area (Å²) in [5, 5.41) is 2.29.